The maximum atomic E-state index is 13.4. The summed E-state index contributed by atoms with van der Waals surface area (Å²) in [6, 6.07) is 14.5. The molecule has 1 spiro atoms. The van der Waals surface area contributed by atoms with E-state index in [1.54, 1.807) is 0 Å². The number of carbonyl (C=O) groups is 1. The van der Waals surface area contributed by atoms with E-state index in [0.717, 1.165) is 35.2 Å². The van der Waals surface area contributed by atoms with E-state index >= 15 is 0 Å². The molecule has 1 amide bonds. The predicted molar refractivity (Wildman–Crippen MR) is 101 cm³/mol. The molecule has 2 fully saturated rings. The normalized spacial score (nSPS) is 31.7. The van der Waals surface area contributed by atoms with Crippen LogP contribution in [0.25, 0.3) is 0 Å². The third-order valence-electron chi connectivity index (χ3n) is 6.55. The molecule has 2 aromatic carbocycles. The van der Waals surface area contributed by atoms with E-state index in [1.165, 1.54) is 0 Å². The van der Waals surface area contributed by atoms with Crippen molar-refractivity contribution < 1.29 is 9.72 Å². The zero-order chi connectivity index (χ0) is 18.8. The highest BCUT2D eigenvalue weighted by Crippen LogP contribution is 2.59. The number of carbonyl (C=O) groups excluding carboxylic acids is 1. The standard InChI is InChI=1S/C21H21N3O3/c1-13-8-10-14(11-9-13)18-19(24(26)27)17-7-4-12-23(17)21(18)15-5-2-3-6-16(15)22-20(21)25/h2-3,5-6,8-11,17-19H,4,7,12H2,1H3,(H,22,25)/t17?,18-,19+,21+/m0/s1. The van der Waals surface area contributed by atoms with Gasteiger partial charge in [0.1, 0.15) is 5.54 Å². The molecule has 6 nitrogen and oxygen atoms in total. The third-order valence-corrected chi connectivity index (χ3v) is 6.55. The van der Waals surface area contributed by atoms with Crippen LogP contribution in [0.3, 0.4) is 0 Å². The molecule has 0 saturated carbocycles. The summed E-state index contributed by atoms with van der Waals surface area (Å²) in [4.78, 5) is 27.6. The minimum Gasteiger partial charge on any atom is -0.324 e. The molecule has 2 saturated heterocycles. The first kappa shape index (κ1) is 16.4. The van der Waals surface area contributed by atoms with Crippen LogP contribution in [0, 0.1) is 17.0 Å². The average molecular weight is 363 g/mol. The van der Waals surface area contributed by atoms with Crippen molar-refractivity contribution in [1.82, 2.24) is 4.90 Å². The average Bonchev–Trinajstić information content (AvgIpc) is 3.29. The van der Waals surface area contributed by atoms with Crippen molar-refractivity contribution in [3.8, 4) is 0 Å². The molecule has 2 aromatic rings. The van der Waals surface area contributed by atoms with E-state index in [0.29, 0.717) is 6.54 Å². The molecule has 1 unspecified atom stereocenters. The number of aryl methyl sites for hydroxylation is 1. The lowest BCUT2D eigenvalue weighted by atomic mass is 9.73. The van der Waals surface area contributed by atoms with Crippen molar-refractivity contribution in [3.05, 3.63) is 75.3 Å². The molecule has 0 aromatic heterocycles. The number of rotatable bonds is 2. The number of amides is 1. The van der Waals surface area contributed by atoms with Crippen LogP contribution in [0.15, 0.2) is 48.5 Å². The smallest absolute Gasteiger partial charge is 0.250 e. The van der Waals surface area contributed by atoms with Crippen molar-refractivity contribution in [2.75, 3.05) is 11.9 Å². The Bertz CT molecular complexity index is 942. The Labute approximate surface area is 157 Å². The molecule has 0 aliphatic carbocycles. The van der Waals surface area contributed by atoms with Gasteiger partial charge in [0.25, 0.3) is 5.91 Å². The Kier molecular flexibility index (Phi) is 3.43. The molecule has 3 aliphatic rings. The summed E-state index contributed by atoms with van der Waals surface area (Å²) in [5, 5.41) is 15.2. The Balaban J connectivity index is 1.80. The van der Waals surface area contributed by atoms with Crippen molar-refractivity contribution in [1.29, 1.82) is 0 Å². The predicted octanol–water partition coefficient (Wildman–Crippen LogP) is 3.05. The second-order valence-electron chi connectivity index (χ2n) is 7.83. The number of nitro groups is 1. The summed E-state index contributed by atoms with van der Waals surface area (Å²) >= 11 is 0. The second kappa shape index (κ2) is 5.63. The Morgan fingerprint density at radius 3 is 2.67 bits per heavy atom. The van der Waals surface area contributed by atoms with Gasteiger partial charge in [0, 0.05) is 22.7 Å². The molecule has 0 bridgehead atoms. The highest BCUT2D eigenvalue weighted by Gasteiger charge is 2.71. The van der Waals surface area contributed by atoms with Crippen LogP contribution in [0.5, 0.6) is 0 Å². The highest BCUT2D eigenvalue weighted by atomic mass is 16.6. The van der Waals surface area contributed by atoms with E-state index in [4.69, 9.17) is 0 Å². The number of benzene rings is 2. The fourth-order valence-corrected chi connectivity index (χ4v) is 5.57. The van der Waals surface area contributed by atoms with Crippen LogP contribution >= 0.6 is 0 Å². The minimum absolute atomic E-state index is 0.134. The van der Waals surface area contributed by atoms with Gasteiger partial charge in [-0.1, -0.05) is 48.0 Å². The molecule has 6 heteroatoms. The monoisotopic (exact) mass is 363 g/mol. The summed E-state index contributed by atoms with van der Waals surface area (Å²) in [6.07, 6.45) is 1.64. The van der Waals surface area contributed by atoms with Gasteiger partial charge < -0.3 is 5.32 Å². The van der Waals surface area contributed by atoms with Gasteiger partial charge in [0.2, 0.25) is 6.04 Å². The van der Waals surface area contributed by atoms with Gasteiger partial charge in [-0.05, 0) is 31.4 Å². The SMILES string of the molecule is Cc1ccc([C@H]2[C@H]([N+](=O)[O-])C3CCCN3[C@@]23C(=O)Nc2ccccc23)cc1. The molecule has 0 radical (unpaired) electrons. The topological polar surface area (TPSA) is 75.5 Å². The molecule has 3 heterocycles. The quantitative estimate of drug-likeness (QED) is 0.657. The minimum atomic E-state index is -1.01. The van der Waals surface area contributed by atoms with E-state index in [9.17, 15) is 14.9 Å². The van der Waals surface area contributed by atoms with E-state index in [1.807, 2.05) is 55.5 Å². The zero-order valence-electron chi connectivity index (χ0n) is 15.1. The molecule has 1 N–H and O–H groups in total. The van der Waals surface area contributed by atoms with Gasteiger partial charge >= 0.3 is 0 Å². The lowest BCUT2D eigenvalue weighted by Gasteiger charge is -2.36. The van der Waals surface area contributed by atoms with Gasteiger partial charge in [-0.25, -0.2) is 0 Å². The second-order valence-corrected chi connectivity index (χ2v) is 7.83. The summed E-state index contributed by atoms with van der Waals surface area (Å²) in [7, 11) is 0. The fourth-order valence-electron chi connectivity index (χ4n) is 5.57. The first-order chi connectivity index (χ1) is 13.0. The van der Waals surface area contributed by atoms with Crippen molar-refractivity contribution in [2.24, 2.45) is 0 Å². The van der Waals surface area contributed by atoms with E-state index in [-0.39, 0.29) is 16.9 Å². The summed E-state index contributed by atoms with van der Waals surface area (Å²) < 4.78 is 0. The van der Waals surface area contributed by atoms with Crippen molar-refractivity contribution in [3.63, 3.8) is 0 Å². The van der Waals surface area contributed by atoms with Crippen LogP contribution in [0.2, 0.25) is 0 Å². The molecule has 5 rings (SSSR count). The Hall–Kier alpha value is -2.73. The van der Waals surface area contributed by atoms with Crippen LogP contribution in [-0.2, 0) is 10.3 Å². The number of fused-ring (bicyclic) bond motifs is 4. The summed E-state index contributed by atoms with van der Waals surface area (Å²) in [5.41, 5.74) is 2.60. The number of anilines is 1. The first-order valence-corrected chi connectivity index (χ1v) is 9.43. The molecular formula is C21H21N3O3. The summed E-state index contributed by atoms with van der Waals surface area (Å²) in [5.74, 6) is -0.646. The molecule has 3 aliphatic heterocycles. The van der Waals surface area contributed by atoms with Gasteiger partial charge in [0.15, 0.2) is 0 Å². The lowest BCUT2D eigenvalue weighted by Crippen LogP contribution is -2.50. The number of nitrogens with zero attached hydrogens (tertiary/aromatic N) is 2. The molecular weight excluding hydrogens is 342 g/mol. The maximum absolute atomic E-state index is 13.4. The van der Waals surface area contributed by atoms with Gasteiger partial charge in [-0.15, -0.1) is 0 Å². The highest BCUT2D eigenvalue weighted by molar-refractivity contribution is 6.07. The van der Waals surface area contributed by atoms with Crippen LogP contribution in [-0.4, -0.2) is 34.4 Å². The number of hydrogen-bond acceptors (Lipinski definition) is 4. The number of nitrogens with one attached hydrogen (secondary N) is 1. The molecule has 138 valence electrons. The van der Waals surface area contributed by atoms with Gasteiger partial charge in [-0.3, -0.25) is 19.8 Å². The zero-order valence-corrected chi connectivity index (χ0v) is 15.1. The van der Waals surface area contributed by atoms with Crippen molar-refractivity contribution in [2.45, 2.75) is 43.3 Å². The van der Waals surface area contributed by atoms with E-state index in [2.05, 4.69) is 10.2 Å². The number of para-hydroxylation sites is 1. The Morgan fingerprint density at radius 1 is 1.19 bits per heavy atom. The maximum Gasteiger partial charge on any atom is 0.250 e. The van der Waals surface area contributed by atoms with Gasteiger partial charge in [0.05, 0.1) is 12.0 Å². The Morgan fingerprint density at radius 2 is 1.93 bits per heavy atom. The van der Waals surface area contributed by atoms with Crippen molar-refractivity contribution >= 4 is 11.6 Å². The van der Waals surface area contributed by atoms with Crippen LogP contribution in [0.4, 0.5) is 5.69 Å². The third kappa shape index (κ3) is 2.02. The number of hydrogen-bond donors (Lipinski definition) is 1. The van der Waals surface area contributed by atoms with Crippen LogP contribution in [0.1, 0.15) is 35.4 Å². The van der Waals surface area contributed by atoms with Crippen LogP contribution < -0.4 is 5.32 Å². The largest absolute Gasteiger partial charge is 0.324 e. The summed E-state index contributed by atoms with van der Waals surface area (Å²) in [6.45, 7) is 2.70. The van der Waals surface area contributed by atoms with Gasteiger partial charge in [-0.2, -0.15) is 0 Å². The first-order valence-electron chi connectivity index (χ1n) is 9.43. The molecule has 27 heavy (non-hydrogen) atoms. The lowest BCUT2D eigenvalue weighted by molar-refractivity contribution is -0.527. The fraction of sp³-hybridized carbons (Fsp3) is 0.381. The van der Waals surface area contributed by atoms with E-state index < -0.39 is 17.5 Å². The molecule has 4 atom stereocenters.